The quantitative estimate of drug-likeness (QED) is 0.780. The van der Waals surface area contributed by atoms with E-state index in [0.717, 1.165) is 12.1 Å². The van der Waals surface area contributed by atoms with E-state index in [-0.39, 0.29) is 18.4 Å². The Labute approximate surface area is 171 Å². The minimum atomic E-state index is -0.205. The lowest BCUT2D eigenvalue weighted by Crippen LogP contribution is -2.51. The lowest BCUT2D eigenvalue weighted by Gasteiger charge is -2.34. The Morgan fingerprint density at radius 3 is 2.76 bits per heavy atom. The Morgan fingerprint density at radius 2 is 2.00 bits per heavy atom. The van der Waals surface area contributed by atoms with Crippen LogP contribution in [0.5, 0.6) is 0 Å². The molecule has 2 fully saturated rings. The smallest absolute Gasteiger partial charge is 0.276 e. The first-order valence-electron chi connectivity index (χ1n) is 10.6. The molecular weight excluding hydrogens is 366 g/mol. The van der Waals surface area contributed by atoms with E-state index in [0.29, 0.717) is 31.2 Å². The normalized spacial score (nSPS) is 18.3. The molecule has 154 valence electrons. The van der Waals surface area contributed by atoms with Crippen LogP contribution in [-0.4, -0.2) is 56.2 Å². The molecule has 1 saturated carbocycles. The predicted molar refractivity (Wildman–Crippen MR) is 109 cm³/mol. The van der Waals surface area contributed by atoms with E-state index in [1.165, 1.54) is 37.7 Å². The minimum Gasteiger partial charge on any atom is -0.335 e. The van der Waals surface area contributed by atoms with Crippen molar-refractivity contribution >= 4 is 11.8 Å². The maximum absolute atomic E-state index is 12.8. The Kier molecular flexibility index (Phi) is 5.92. The topological polar surface area (TPSA) is 71.3 Å². The first-order chi connectivity index (χ1) is 14.1. The van der Waals surface area contributed by atoms with Crippen molar-refractivity contribution in [3.63, 3.8) is 0 Å². The van der Waals surface area contributed by atoms with Gasteiger partial charge < -0.3 is 9.80 Å². The van der Waals surface area contributed by atoms with E-state index in [1.807, 2.05) is 30.0 Å². The SMILES string of the molecule is Cc1cccc(CN2CCN(C(=O)c3cn(CC4CCCCC4)nn3)CC2=O)c1. The predicted octanol–water partition coefficient (Wildman–Crippen LogP) is 2.65. The summed E-state index contributed by atoms with van der Waals surface area (Å²) in [5.41, 5.74) is 2.63. The highest BCUT2D eigenvalue weighted by Crippen LogP contribution is 2.24. The van der Waals surface area contributed by atoms with Gasteiger partial charge in [-0.05, 0) is 31.2 Å². The van der Waals surface area contributed by atoms with E-state index in [2.05, 4.69) is 16.4 Å². The van der Waals surface area contributed by atoms with Crippen molar-refractivity contribution < 1.29 is 9.59 Å². The van der Waals surface area contributed by atoms with Crippen LogP contribution < -0.4 is 0 Å². The fraction of sp³-hybridized carbons (Fsp3) is 0.545. The van der Waals surface area contributed by atoms with E-state index < -0.39 is 0 Å². The monoisotopic (exact) mass is 395 g/mol. The van der Waals surface area contributed by atoms with E-state index in [4.69, 9.17) is 0 Å². The van der Waals surface area contributed by atoms with Crippen molar-refractivity contribution in [3.05, 3.63) is 47.3 Å². The standard InChI is InChI=1S/C22H29N5O2/c1-17-6-5-9-19(12-17)13-25-10-11-26(16-21(25)28)22(29)20-15-27(24-23-20)14-18-7-3-2-4-8-18/h5-6,9,12,15,18H,2-4,7-8,10-11,13-14,16H2,1H3. The van der Waals surface area contributed by atoms with Gasteiger partial charge in [-0.1, -0.05) is 54.3 Å². The van der Waals surface area contributed by atoms with Gasteiger partial charge in [0.15, 0.2) is 5.69 Å². The lowest BCUT2D eigenvalue weighted by molar-refractivity contribution is -0.135. The number of nitrogens with zero attached hydrogens (tertiary/aromatic N) is 5. The summed E-state index contributed by atoms with van der Waals surface area (Å²) in [5.74, 6) is 0.393. The highest BCUT2D eigenvalue weighted by Gasteiger charge is 2.29. The van der Waals surface area contributed by atoms with Gasteiger partial charge in [0.05, 0.1) is 6.20 Å². The summed E-state index contributed by atoms with van der Waals surface area (Å²) in [5, 5.41) is 8.22. The maximum atomic E-state index is 12.8. The zero-order valence-electron chi connectivity index (χ0n) is 17.1. The van der Waals surface area contributed by atoms with Crippen molar-refractivity contribution in [1.29, 1.82) is 0 Å². The number of amides is 2. The molecule has 1 saturated heterocycles. The van der Waals surface area contributed by atoms with Gasteiger partial charge in [0, 0.05) is 26.2 Å². The number of aromatic nitrogens is 3. The van der Waals surface area contributed by atoms with Crippen LogP contribution in [0.1, 0.15) is 53.7 Å². The van der Waals surface area contributed by atoms with E-state index in [1.54, 1.807) is 15.8 Å². The van der Waals surface area contributed by atoms with Crippen LogP contribution in [0.4, 0.5) is 0 Å². The number of hydrogen-bond donors (Lipinski definition) is 0. The first kappa shape index (κ1) is 19.6. The number of carbonyl (C=O) groups excluding carboxylic acids is 2. The van der Waals surface area contributed by atoms with Crippen molar-refractivity contribution in [2.75, 3.05) is 19.6 Å². The van der Waals surface area contributed by atoms with E-state index >= 15 is 0 Å². The third-order valence-corrected chi connectivity index (χ3v) is 5.99. The summed E-state index contributed by atoms with van der Waals surface area (Å²) in [7, 11) is 0. The third kappa shape index (κ3) is 4.83. The van der Waals surface area contributed by atoms with Crippen LogP contribution in [0.3, 0.4) is 0 Å². The molecule has 29 heavy (non-hydrogen) atoms. The molecule has 7 nitrogen and oxygen atoms in total. The zero-order chi connectivity index (χ0) is 20.2. The molecule has 0 unspecified atom stereocenters. The molecule has 1 aliphatic carbocycles. The highest BCUT2D eigenvalue weighted by molar-refractivity contribution is 5.95. The summed E-state index contributed by atoms with van der Waals surface area (Å²) in [6.45, 7) is 4.60. The van der Waals surface area contributed by atoms with Crippen molar-refractivity contribution in [2.24, 2.45) is 5.92 Å². The molecule has 7 heteroatoms. The number of hydrogen-bond acceptors (Lipinski definition) is 4. The van der Waals surface area contributed by atoms with Crippen molar-refractivity contribution in [1.82, 2.24) is 24.8 Å². The van der Waals surface area contributed by atoms with Crippen LogP contribution in [0, 0.1) is 12.8 Å². The fourth-order valence-electron chi connectivity index (χ4n) is 4.36. The van der Waals surface area contributed by atoms with Crippen LogP contribution in [-0.2, 0) is 17.9 Å². The summed E-state index contributed by atoms with van der Waals surface area (Å²) in [6, 6.07) is 8.17. The van der Waals surface area contributed by atoms with Crippen LogP contribution >= 0.6 is 0 Å². The zero-order valence-corrected chi connectivity index (χ0v) is 17.1. The fourth-order valence-corrected chi connectivity index (χ4v) is 4.36. The largest absolute Gasteiger partial charge is 0.335 e. The van der Waals surface area contributed by atoms with Gasteiger partial charge in [-0.2, -0.15) is 0 Å². The Balaban J connectivity index is 1.33. The number of piperazine rings is 1. The molecule has 0 bridgehead atoms. The van der Waals surface area contributed by atoms with Crippen molar-refractivity contribution in [2.45, 2.75) is 52.1 Å². The van der Waals surface area contributed by atoms with Gasteiger partial charge in [0.1, 0.15) is 6.54 Å². The molecule has 2 amide bonds. The molecule has 2 aliphatic rings. The van der Waals surface area contributed by atoms with Crippen LogP contribution in [0.15, 0.2) is 30.5 Å². The van der Waals surface area contributed by atoms with Gasteiger partial charge >= 0.3 is 0 Å². The van der Waals surface area contributed by atoms with Crippen LogP contribution in [0.25, 0.3) is 0 Å². The molecular formula is C22H29N5O2. The lowest BCUT2D eigenvalue weighted by atomic mass is 9.89. The Bertz CT molecular complexity index is 872. The molecule has 2 heterocycles. The van der Waals surface area contributed by atoms with Gasteiger partial charge in [-0.3, -0.25) is 14.3 Å². The Hall–Kier alpha value is -2.70. The number of aryl methyl sites for hydroxylation is 1. The highest BCUT2D eigenvalue weighted by atomic mass is 16.2. The molecule has 1 aromatic heterocycles. The molecule has 1 aromatic carbocycles. The molecule has 0 radical (unpaired) electrons. The minimum absolute atomic E-state index is 0.0271. The van der Waals surface area contributed by atoms with Gasteiger partial charge in [-0.15, -0.1) is 5.10 Å². The van der Waals surface area contributed by atoms with E-state index in [9.17, 15) is 9.59 Å². The summed E-state index contributed by atoms with van der Waals surface area (Å²) >= 11 is 0. The number of benzene rings is 1. The molecule has 0 N–H and O–H groups in total. The molecule has 1 aliphatic heterocycles. The second kappa shape index (κ2) is 8.76. The summed E-state index contributed by atoms with van der Waals surface area (Å²) in [4.78, 5) is 28.8. The summed E-state index contributed by atoms with van der Waals surface area (Å²) < 4.78 is 1.79. The average molecular weight is 396 g/mol. The first-order valence-corrected chi connectivity index (χ1v) is 10.6. The number of carbonyl (C=O) groups is 2. The van der Waals surface area contributed by atoms with Gasteiger partial charge in [0.2, 0.25) is 5.91 Å². The molecule has 4 rings (SSSR count). The summed E-state index contributed by atoms with van der Waals surface area (Å²) in [6.07, 6.45) is 8.06. The van der Waals surface area contributed by atoms with Crippen LogP contribution in [0.2, 0.25) is 0 Å². The molecule has 0 atom stereocenters. The maximum Gasteiger partial charge on any atom is 0.276 e. The second-order valence-corrected chi connectivity index (χ2v) is 8.36. The van der Waals surface area contributed by atoms with Gasteiger partial charge in [0.25, 0.3) is 5.91 Å². The van der Waals surface area contributed by atoms with Crippen molar-refractivity contribution in [3.8, 4) is 0 Å². The molecule has 0 spiro atoms. The van der Waals surface area contributed by atoms with Gasteiger partial charge in [-0.25, -0.2) is 0 Å². The third-order valence-electron chi connectivity index (χ3n) is 5.99. The molecule has 2 aromatic rings. The Morgan fingerprint density at radius 1 is 1.17 bits per heavy atom. The average Bonchev–Trinajstić information content (AvgIpc) is 3.18. The second-order valence-electron chi connectivity index (χ2n) is 8.36. The number of rotatable bonds is 5.